The molecule has 21 heavy (non-hydrogen) atoms. The minimum Gasteiger partial charge on any atom is -0.460 e. The maximum atomic E-state index is 11.4. The molecule has 0 atom stereocenters. The van der Waals surface area contributed by atoms with Crippen molar-refractivity contribution in [2.45, 2.75) is 78.1 Å². The third kappa shape index (κ3) is 7.83. The van der Waals surface area contributed by atoms with E-state index in [1.165, 1.54) is 51.4 Å². The SMILES string of the molecule is CCCCCCCCCCCc1nc(C(=O)OCC)n[nH]1. The highest BCUT2D eigenvalue weighted by Gasteiger charge is 2.12. The number of H-pyrrole nitrogens is 1. The summed E-state index contributed by atoms with van der Waals surface area (Å²) >= 11 is 0. The van der Waals surface area contributed by atoms with E-state index in [1.54, 1.807) is 6.92 Å². The van der Waals surface area contributed by atoms with Crippen LogP contribution < -0.4 is 0 Å². The lowest BCUT2D eigenvalue weighted by atomic mass is 10.1. The van der Waals surface area contributed by atoms with Gasteiger partial charge >= 0.3 is 5.97 Å². The number of rotatable bonds is 12. The van der Waals surface area contributed by atoms with Crippen molar-refractivity contribution in [3.8, 4) is 0 Å². The first-order valence-corrected chi connectivity index (χ1v) is 8.36. The summed E-state index contributed by atoms with van der Waals surface area (Å²) < 4.78 is 4.86. The van der Waals surface area contributed by atoms with E-state index in [0.717, 1.165) is 18.7 Å². The largest absolute Gasteiger partial charge is 0.460 e. The van der Waals surface area contributed by atoms with Crippen molar-refractivity contribution in [2.75, 3.05) is 6.61 Å². The maximum absolute atomic E-state index is 11.4. The molecule has 5 heteroatoms. The van der Waals surface area contributed by atoms with Gasteiger partial charge in [0.05, 0.1) is 6.61 Å². The number of aryl methyl sites for hydroxylation is 1. The summed E-state index contributed by atoms with van der Waals surface area (Å²) in [5.41, 5.74) is 0. The topological polar surface area (TPSA) is 67.9 Å². The van der Waals surface area contributed by atoms with Crippen LogP contribution in [0.4, 0.5) is 0 Å². The van der Waals surface area contributed by atoms with E-state index < -0.39 is 5.97 Å². The first-order chi connectivity index (χ1) is 10.3. The minimum absolute atomic E-state index is 0.141. The highest BCUT2D eigenvalue weighted by molar-refractivity contribution is 5.84. The standard InChI is InChI=1S/C16H29N3O2/c1-3-5-6-7-8-9-10-11-12-13-14-17-15(19-18-14)16(20)21-4-2/h3-13H2,1-2H3,(H,17,18,19). The molecule has 0 fully saturated rings. The molecule has 0 aliphatic rings. The predicted octanol–water partition coefficient (Wildman–Crippen LogP) is 4.05. The van der Waals surface area contributed by atoms with Gasteiger partial charge in [0.25, 0.3) is 5.82 Å². The van der Waals surface area contributed by atoms with Crippen molar-refractivity contribution in [1.29, 1.82) is 0 Å². The van der Waals surface area contributed by atoms with E-state index >= 15 is 0 Å². The summed E-state index contributed by atoms with van der Waals surface area (Å²) in [4.78, 5) is 15.6. The van der Waals surface area contributed by atoms with Crippen molar-refractivity contribution in [3.05, 3.63) is 11.6 Å². The van der Waals surface area contributed by atoms with Crippen LogP contribution in [0.2, 0.25) is 0 Å². The van der Waals surface area contributed by atoms with Crippen LogP contribution in [-0.2, 0) is 11.2 Å². The molecule has 0 aromatic carbocycles. The maximum Gasteiger partial charge on any atom is 0.378 e. The monoisotopic (exact) mass is 295 g/mol. The smallest absolute Gasteiger partial charge is 0.378 e. The van der Waals surface area contributed by atoms with Crippen LogP contribution in [0.3, 0.4) is 0 Å². The Kier molecular flexibility index (Phi) is 9.49. The van der Waals surface area contributed by atoms with Gasteiger partial charge in [-0.1, -0.05) is 58.3 Å². The molecule has 0 spiro atoms. The van der Waals surface area contributed by atoms with Crippen molar-refractivity contribution < 1.29 is 9.53 Å². The van der Waals surface area contributed by atoms with E-state index in [-0.39, 0.29) is 5.82 Å². The molecule has 0 saturated carbocycles. The van der Waals surface area contributed by atoms with E-state index in [4.69, 9.17) is 4.74 Å². The van der Waals surface area contributed by atoms with Gasteiger partial charge in [0, 0.05) is 6.42 Å². The van der Waals surface area contributed by atoms with Crippen LogP contribution >= 0.6 is 0 Å². The summed E-state index contributed by atoms with van der Waals surface area (Å²) in [5, 5.41) is 6.69. The lowest BCUT2D eigenvalue weighted by Gasteiger charge is -2.01. The highest BCUT2D eigenvalue weighted by atomic mass is 16.5. The van der Waals surface area contributed by atoms with Crippen molar-refractivity contribution in [2.24, 2.45) is 0 Å². The van der Waals surface area contributed by atoms with Gasteiger partial charge in [-0.15, -0.1) is 5.10 Å². The molecule has 0 amide bonds. The normalized spacial score (nSPS) is 10.8. The number of nitrogens with zero attached hydrogens (tertiary/aromatic N) is 2. The molecule has 1 N–H and O–H groups in total. The molecule has 0 unspecified atom stereocenters. The fourth-order valence-corrected chi connectivity index (χ4v) is 2.30. The predicted molar refractivity (Wildman–Crippen MR) is 83.3 cm³/mol. The second kappa shape index (κ2) is 11.3. The Balaban J connectivity index is 2.04. The molecular weight excluding hydrogens is 266 g/mol. The zero-order chi connectivity index (χ0) is 15.3. The van der Waals surface area contributed by atoms with Crippen molar-refractivity contribution in [1.82, 2.24) is 15.2 Å². The van der Waals surface area contributed by atoms with Gasteiger partial charge in [-0.2, -0.15) is 0 Å². The fourth-order valence-electron chi connectivity index (χ4n) is 2.30. The van der Waals surface area contributed by atoms with Gasteiger partial charge in [-0.3, -0.25) is 5.10 Å². The second-order valence-corrected chi connectivity index (χ2v) is 5.40. The third-order valence-electron chi connectivity index (χ3n) is 3.51. The van der Waals surface area contributed by atoms with Crippen LogP contribution in [0, 0.1) is 0 Å². The van der Waals surface area contributed by atoms with E-state index in [1.807, 2.05) is 0 Å². The number of ether oxygens (including phenoxy) is 1. The summed E-state index contributed by atoms with van der Waals surface area (Å²) in [5.74, 6) is 0.468. The van der Waals surface area contributed by atoms with Crippen LogP contribution in [0.15, 0.2) is 0 Å². The number of aromatic amines is 1. The number of esters is 1. The van der Waals surface area contributed by atoms with Crippen molar-refractivity contribution >= 4 is 5.97 Å². The lowest BCUT2D eigenvalue weighted by Crippen LogP contribution is -2.06. The number of nitrogens with one attached hydrogen (secondary N) is 1. The quantitative estimate of drug-likeness (QED) is 0.466. The molecule has 1 heterocycles. The Morgan fingerprint density at radius 3 is 2.24 bits per heavy atom. The van der Waals surface area contributed by atoms with Crippen LogP contribution in [0.5, 0.6) is 0 Å². The Labute approximate surface area is 127 Å². The Hall–Kier alpha value is -1.39. The molecule has 0 radical (unpaired) electrons. The zero-order valence-electron chi connectivity index (χ0n) is 13.5. The van der Waals surface area contributed by atoms with E-state index in [0.29, 0.717) is 6.61 Å². The summed E-state index contributed by atoms with van der Waals surface area (Å²) in [6.07, 6.45) is 12.6. The number of carbonyl (C=O) groups excluding carboxylic acids is 1. The molecule has 5 nitrogen and oxygen atoms in total. The second-order valence-electron chi connectivity index (χ2n) is 5.40. The molecule has 0 aliphatic carbocycles. The first-order valence-electron chi connectivity index (χ1n) is 8.36. The molecule has 1 rings (SSSR count). The number of hydrogen-bond acceptors (Lipinski definition) is 4. The molecule has 1 aromatic rings. The molecular formula is C16H29N3O2. The van der Waals surface area contributed by atoms with Crippen LogP contribution in [0.1, 0.15) is 88.1 Å². The zero-order valence-corrected chi connectivity index (χ0v) is 13.5. The number of aromatic nitrogens is 3. The van der Waals surface area contributed by atoms with Crippen LogP contribution in [-0.4, -0.2) is 27.8 Å². The molecule has 0 aliphatic heterocycles. The summed E-state index contributed by atoms with van der Waals surface area (Å²) in [6.45, 7) is 4.37. The Bertz CT molecular complexity index is 391. The van der Waals surface area contributed by atoms with Gasteiger partial charge in [0.1, 0.15) is 5.82 Å². The Morgan fingerprint density at radius 2 is 1.62 bits per heavy atom. The Morgan fingerprint density at radius 1 is 1.00 bits per heavy atom. The summed E-state index contributed by atoms with van der Waals surface area (Å²) in [7, 11) is 0. The number of unbranched alkanes of at least 4 members (excludes halogenated alkanes) is 8. The highest BCUT2D eigenvalue weighted by Crippen LogP contribution is 2.10. The van der Waals surface area contributed by atoms with Gasteiger partial charge in [0.2, 0.25) is 0 Å². The van der Waals surface area contributed by atoms with Gasteiger partial charge in [-0.05, 0) is 13.3 Å². The van der Waals surface area contributed by atoms with E-state index in [9.17, 15) is 4.79 Å². The van der Waals surface area contributed by atoms with Gasteiger partial charge in [-0.25, -0.2) is 9.78 Å². The average molecular weight is 295 g/mol. The molecule has 0 saturated heterocycles. The molecule has 1 aromatic heterocycles. The van der Waals surface area contributed by atoms with E-state index in [2.05, 4.69) is 22.1 Å². The third-order valence-corrected chi connectivity index (χ3v) is 3.51. The van der Waals surface area contributed by atoms with Gasteiger partial charge in [0.15, 0.2) is 0 Å². The number of hydrogen-bond donors (Lipinski definition) is 1. The van der Waals surface area contributed by atoms with Crippen LogP contribution in [0.25, 0.3) is 0 Å². The summed E-state index contributed by atoms with van der Waals surface area (Å²) in [6, 6.07) is 0. The fraction of sp³-hybridized carbons (Fsp3) is 0.812. The lowest BCUT2D eigenvalue weighted by molar-refractivity contribution is 0.0512. The number of carbonyl (C=O) groups is 1. The molecule has 120 valence electrons. The first kappa shape index (κ1) is 17.7. The van der Waals surface area contributed by atoms with Gasteiger partial charge < -0.3 is 4.74 Å². The average Bonchev–Trinajstić information content (AvgIpc) is 2.95. The molecule has 0 bridgehead atoms. The van der Waals surface area contributed by atoms with Crippen molar-refractivity contribution in [3.63, 3.8) is 0 Å². The minimum atomic E-state index is -0.452.